The first-order valence-corrected chi connectivity index (χ1v) is 7.10. The van der Waals surface area contributed by atoms with Crippen molar-refractivity contribution in [3.8, 4) is 0 Å². The number of nitrogens with two attached hydrogens (primary N) is 1. The second kappa shape index (κ2) is 5.46. The molecule has 0 aliphatic heterocycles. The lowest BCUT2D eigenvalue weighted by atomic mass is 10.3. The fourth-order valence-corrected chi connectivity index (χ4v) is 2.64. The summed E-state index contributed by atoms with van der Waals surface area (Å²) in [6.07, 6.45) is 0. The van der Waals surface area contributed by atoms with Crippen molar-refractivity contribution < 1.29 is 17.9 Å². The van der Waals surface area contributed by atoms with Gasteiger partial charge in [0.25, 0.3) is 5.69 Å². The summed E-state index contributed by atoms with van der Waals surface area (Å²) in [4.78, 5) is 13.5. The van der Waals surface area contributed by atoms with Gasteiger partial charge in [0.1, 0.15) is 4.90 Å². The minimum Gasteiger partial charge on any atom is -0.397 e. The van der Waals surface area contributed by atoms with E-state index < -0.39 is 14.9 Å². The summed E-state index contributed by atoms with van der Waals surface area (Å²) < 4.78 is 31.1. The minimum absolute atomic E-state index is 0.163. The van der Waals surface area contributed by atoms with E-state index in [1.54, 1.807) is 6.92 Å². The predicted octanol–water partition coefficient (Wildman–Crippen LogP) is 0.347. The summed E-state index contributed by atoms with van der Waals surface area (Å²) in [5, 5.41) is 14.1. The molecule has 1 aromatic carbocycles. The molecule has 21 heavy (non-hydrogen) atoms. The van der Waals surface area contributed by atoms with Crippen LogP contribution in [0.1, 0.15) is 11.7 Å². The average molecular weight is 313 g/mol. The predicted molar refractivity (Wildman–Crippen MR) is 70.6 cm³/mol. The van der Waals surface area contributed by atoms with Crippen LogP contribution in [-0.4, -0.2) is 23.5 Å². The first-order chi connectivity index (χ1) is 9.79. The van der Waals surface area contributed by atoms with Crippen molar-refractivity contribution in [2.45, 2.75) is 18.4 Å². The van der Waals surface area contributed by atoms with Crippen LogP contribution in [0.2, 0.25) is 0 Å². The molecule has 0 spiro atoms. The molecule has 112 valence electrons. The number of aromatic nitrogens is 2. The number of benzene rings is 1. The Morgan fingerprint density at radius 3 is 2.71 bits per heavy atom. The number of rotatable bonds is 5. The van der Waals surface area contributed by atoms with E-state index in [9.17, 15) is 18.5 Å². The first-order valence-electron chi connectivity index (χ1n) is 5.62. The highest BCUT2D eigenvalue weighted by Crippen LogP contribution is 2.23. The third-order valence-corrected chi connectivity index (χ3v) is 3.96. The van der Waals surface area contributed by atoms with Crippen LogP contribution in [0.3, 0.4) is 0 Å². The normalized spacial score (nSPS) is 11.5. The van der Waals surface area contributed by atoms with Gasteiger partial charge in [0.2, 0.25) is 15.9 Å². The molecule has 0 atom stereocenters. The third kappa shape index (κ3) is 3.32. The van der Waals surface area contributed by atoms with Crippen LogP contribution >= 0.6 is 0 Å². The van der Waals surface area contributed by atoms with Crippen molar-refractivity contribution in [2.75, 3.05) is 5.73 Å². The molecule has 0 fully saturated rings. The summed E-state index contributed by atoms with van der Waals surface area (Å²) in [7, 11) is -3.94. The van der Waals surface area contributed by atoms with E-state index in [-0.39, 0.29) is 28.6 Å². The molecule has 10 nitrogen and oxygen atoms in total. The lowest BCUT2D eigenvalue weighted by Crippen LogP contribution is -2.24. The van der Waals surface area contributed by atoms with Gasteiger partial charge in [0.15, 0.2) is 5.82 Å². The summed E-state index contributed by atoms with van der Waals surface area (Å²) in [5.74, 6) is 0.468. The van der Waals surface area contributed by atoms with Crippen LogP contribution in [0.4, 0.5) is 11.4 Å². The van der Waals surface area contributed by atoms with Crippen LogP contribution in [0.15, 0.2) is 27.6 Å². The Morgan fingerprint density at radius 2 is 2.19 bits per heavy atom. The van der Waals surface area contributed by atoms with E-state index in [1.165, 1.54) is 0 Å². The number of nitrogen functional groups attached to an aromatic ring is 1. The van der Waals surface area contributed by atoms with E-state index in [0.717, 1.165) is 18.2 Å². The number of sulfonamides is 1. The number of nitro benzene ring substituents is 1. The number of non-ortho nitro benzene ring substituents is 1. The van der Waals surface area contributed by atoms with Crippen molar-refractivity contribution in [3.05, 3.63) is 40.0 Å². The van der Waals surface area contributed by atoms with Crippen molar-refractivity contribution >= 4 is 21.4 Å². The molecule has 0 saturated carbocycles. The minimum atomic E-state index is -3.94. The highest BCUT2D eigenvalue weighted by atomic mass is 32.2. The van der Waals surface area contributed by atoms with Gasteiger partial charge in [0, 0.05) is 19.1 Å². The Morgan fingerprint density at radius 1 is 1.48 bits per heavy atom. The van der Waals surface area contributed by atoms with Gasteiger partial charge in [-0.2, -0.15) is 4.98 Å². The van der Waals surface area contributed by atoms with E-state index in [4.69, 9.17) is 10.3 Å². The van der Waals surface area contributed by atoms with Gasteiger partial charge in [0.05, 0.1) is 17.2 Å². The van der Waals surface area contributed by atoms with Crippen molar-refractivity contribution in [3.63, 3.8) is 0 Å². The maximum absolute atomic E-state index is 12.1. The monoisotopic (exact) mass is 313 g/mol. The Kier molecular flexibility index (Phi) is 3.86. The van der Waals surface area contributed by atoms with Crippen LogP contribution in [0, 0.1) is 17.0 Å². The van der Waals surface area contributed by atoms with Crippen molar-refractivity contribution in [1.29, 1.82) is 0 Å². The van der Waals surface area contributed by atoms with Crippen LogP contribution < -0.4 is 10.5 Å². The van der Waals surface area contributed by atoms with Gasteiger partial charge in [-0.1, -0.05) is 5.16 Å². The zero-order chi connectivity index (χ0) is 15.6. The second-order valence-corrected chi connectivity index (χ2v) is 5.77. The summed E-state index contributed by atoms with van der Waals surface area (Å²) in [6.45, 7) is 1.38. The van der Waals surface area contributed by atoms with E-state index >= 15 is 0 Å². The average Bonchev–Trinajstić information content (AvgIpc) is 2.82. The molecule has 1 heterocycles. The molecular weight excluding hydrogens is 302 g/mol. The Hall–Kier alpha value is -2.53. The van der Waals surface area contributed by atoms with Gasteiger partial charge in [-0.05, 0) is 6.07 Å². The van der Waals surface area contributed by atoms with Crippen LogP contribution in [0.5, 0.6) is 0 Å². The zero-order valence-corrected chi connectivity index (χ0v) is 11.6. The molecule has 3 N–H and O–H groups in total. The Balaban J connectivity index is 2.21. The standard InChI is InChI=1S/C10H11N5O5S/c1-6-13-10(14-20-6)5-12-21(18,19)9-3-2-7(15(16)17)4-8(9)11/h2-4,12H,5,11H2,1H3. The zero-order valence-electron chi connectivity index (χ0n) is 10.8. The number of hydrogen-bond acceptors (Lipinski definition) is 8. The van der Waals surface area contributed by atoms with Gasteiger partial charge >= 0.3 is 0 Å². The van der Waals surface area contributed by atoms with E-state index in [2.05, 4.69) is 14.9 Å². The highest BCUT2D eigenvalue weighted by Gasteiger charge is 2.20. The summed E-state index contributed by atoms with van der Waals surface area (Å²) in [5.41, 5.74) is 5.03. The molecule has 0 unspecified atom stereocenters. The Labute approximate surface area is 119 Å². The number of anilines is 1. The maximum Gasteiger partial charge on any atom is 0.271 e. The molecule has 0 radical (unpaired) electrons. The molecule has 0 aliphatic rings. The largest absolute Gasteiger partial charge is 0.397 e. The second-order valence-electron chi connectivity index (χ2n) is 4.03. The summed E-state index contributed by atoms with van der Waals surface area (Å²) in [6, 6.07) is 3.10. The Bertz CT molecular complexity index is 785. The SMILES string of the molecule is Cc1nc(CNS(=O)(=O)c2ccc([N+](=O)[O-])cc2N)no1. The summed E-state index contributed by atoms with van der Waals surface area (Å²) >= 11 is 0. The fourth-order valence-electron chi connectivity index (χ4n) is 1.54. The molecule has 0 saturated heterocycles. The van der Waals surface area contributed by atoms with Gasteiger partial charge < -0.3 is 10.3 Å². The van der Waals surface area contributed by atoms with E-state index in [1.807, 2.05) is 0 Å². The molecule has 0 bridgehead atoms. The number of nitro groups is 1. The van der Waals surface area contributed by atoms with Crippen molar-refractivity contribution in [1.82, 2.24) is 14.9 Å². The molecule has 11 heteroatoms. The van der Waals surface area contributed by atoms with Gasteiger partial charge in [-0.15, -0.1) is 0 Å². The number of hydrogen-bond donors (Lipinski definition) is 2. The fraction of sp³-hybridized carbons (Fsp3) is 0.200. The van der Waals surface area contributed by atoms with Crippen molar-refractivity contribution in [2.24, 2.45) is 0 Å². The molecule has 2 rings (SSSR count). The smallest absolute Gasteiger partial charge is 0.271 e. The molecule has 0 amide bonds. The quantitative estimate of drug-likeness (QED) is 0.455. The lowest BCUT2D eigenvalue weighted by molar-refractivity contribution is -0.384. The molecule has 0 aliphatic carbocycles. The number of nitrogens with one attached hydrogen (secondary N) is 1. The van der Waals surface area contributed by atoms with Crippen LogP contribution in [-0.2, 0) is 16.6 Å². The number of nitrogens with zero attached hydrogens (tertiary/aromatic N) is 3. The lowest BCUT2D eigenvalue weighted by Gasteiger charge is -2.07. The highest BCUT2D eigenvalue weighted by molar-refractivity contribution is 7.89. The first kappa shape index (κ1) is 14.9. The van der Waals surface area contributed by atoms with E-state index in [0.29, 0.717) is 5.89 Å². The number of aryl methyl sites for hydroxylation is 1. The molecule has 1 aromatic heterocycles. The topological polar surface area (TPSA) is 154 Å². The maximum atomic E-state index is 12.1. The van der Waals surface area contributed by atoms with Gasteiger partial charge in [-0.3, -0.25) is 10.1 Å². The molecule has 2 aromatic rings. The van der Waals surface area contributed by atoms with Crippen LogP contribution in [0.25, 0.3) is 0 Å². The van der Waals surface area contributed by atoms with Gasteiger partial charge in [-0.25, -0.2) is 13.1 Å². The third-order valence-electron chi connectivity index (χ3n) is 2.48. The molecular formula is C10H11N5O5S.